The lowest BCUT2D eigenvalue weighted by Crippen LogP contribution is -2.65. The molecule has 186 valence electrons. The number of nitrogens with one attached hydrogen (secondary N) is 1. The van der Waals surface area contributed by atoms with E-state index in [1.54, 1.807) is 7.11 Å². The number of quaternary nitrogens is 1. The highest BCUT2D eigenvalue weighted by Crippen LogP contribution is 2.37. The molecule has 3 aromatic rings. The number of nitrogens with zero attached hydrogens (tertiary/aromatic N) is 1. The predicted molar refractivity (Wildman–Crippen MR) is 139 cm³/mol. The first-order chi connectivity index (χ1) is 17.6. The fraction of sp³-hybridized carbons (Fsp3) is 0.333. The van der Waals surface area contributed by atoms with Gasteiger partial charge in [0, 0.05) is 24.4 Å². The molecule has 2 bridgehead atoms. The smallest absolute Gasteiger partial charge is 0.333 e. The van der Waals surface area contributed by atoms with Gasteiger partial charge in [0.25, 0.3) is 0 Å². The highest BCUT2D eigenvalue weighted by Gasteiger charge is 2.49. The molecule has 3 saturated heterocycles. The van der Waals surface area contributed by atoms with Gasteiger partial charge < -0.3 is 19.3 Å². The summed E-state index contributed by atoms with van der Waals surface area (Å²) in [5.74, 6) is 0.737. The maximum atomic E-state index is 13.5. The van der Waals surface area contributed by atoms with Crippen LogP contribution in [0.2, 0.25) is 0 Å². The number of fused-ring (bicyclic) bond motifs is 3. The number of rotatable bonds is 9. The molecule has 0 aromatic heterocycles. The Hall–Kier alpha value is -3.64. The molecular formula is C30H33N2O4+. The minimum atomic E-state index is -0.604. The zero-order chi connectivity index (χ0) is 25.0. The van der Waals surface area contributed by atoms with E-state index in [9.17, 15) is 9.59 Å². The van der Waals surface area contributed by atoms with Crippen LogP contribution in [-0.4, -0.2) is 55.6 Å². The molecule has 6 heteroatoms. The van der Waals surface area contributed by atoms with Crippen LogP contribution >= 0.6 is 0 Å². The third-order valence-corrected chi connectivity index (χ3v) is 7.65. The quantitative estimate of drug-likeness (QED) is 0.266. The molecule has 0 saturated carbocycles. The molecule has 3 aliphatic heterocycles. The summed E-state index contributed by atoms with van der Waals surface area (Å²) in [5.41, 5.74) is 2.34. The van der Waals surface area contributed by atoms with E-state index in [4.69, 9.17) is 9.47 Å². The fourth-order valence-electron chi connectivity index (χ4n) is 5.68. The molecule has 0 amide bonds. The van der Waals surface area contributed by atoms with E-state index in [0.29, 0.717) is 34.8 Å². The number of piperidine rings is 3. The molecule has 2 atom stereocenters. The van der Waals surface area contributed by atoms with Gasteiger partial charge in [0.1, 0.15) is 18.8 Å². The van der Waals surface area contributed by atoms with Crippen LogP contribution in [-0.2, 0) is 9.53 Å². The Morgan fingerprint density at radius 3 is 2.25 bits per heavy atom. The average Bonchev–Trinajstić information content (AvgIpc) is 2.93. The van der Waals surface area contributed by atoms with Crippen molar-refractivity contribution in [2.45, 2.75) is 25.0 Å². The van der Waals surface area contributed by atoms with Crippen LogP contribution in [0.25, 0.3) is 0 Å². The lowest BCUT2D eigenvalue weighted by atomic mass is 9.82. The van der Waals surface area contributed by atoms with Crippen molar-refractivity contribution >= 4 is 17.4 Å². The van der Waals surface area contributed by atoms with E-state index < -0.39 is 6.04 Å². The molecule has 6 nitrogen and oxygen atoms in total. The van der Waals surface area contributed by atoms with Crippen molar-refractivity contribution in [1.29, 1.82) is 0 Å². The number of carbonyl (C=O) groups excluding carboxylic acids is 2. The Balaban J connectivity index is 1.31. The number of carbonyl (C=O) groups is 2. The van der Waals surface area contributed by atoms with E-state index in [1.165, 1.54) is 0 Å². The number of benzene rings is 3. The Morgan fingerprint density at radius 1 is 0.917 bits per heavy atom. The minimum Gasteiger partial charge on any atom is -0.496 e. The van der Waals surface area contributed by atoms with Crippen molar-refractivity contribution in [2.75, 3.05) is 38.6 Å². The summed E-state index contributed by atoms with van der Waals surface area (Å²) in [7, 11) is 1.59. The molecule has 3 aromatic carbocycles. The van der Waals surface area contributed by atoms with E-state index >= 15 is 0 Å². The number of hydrogen-bond donors (Lipinski definition) is 1. The number of esters is 1. The molecule has 6 rings (SSSR count). The summed E-state index contributed by atoms with van der Waals surface area (Å²) in [6.45, 7) is 2.93. The normalized spacial score (nSPS) is 23.5. The summed E-state index contributed by atoms with van der Waals surface area (Å²) in [4.78, 5) is 26.8. The van der Waals surface area contributed by atoms with Gasteiger partial charge in [0.15, 0.2) is 12.1 Å². The van der Waals surface area contributed by atoms with E-state index in [0.717, 1.165) is 37.2 Å². The Kier molecular flexibility index (Phi) is 7.05. The molecule has 0 unspecified atom stereocenters. The Labute approximate surface area is 212 Å². The van der Waals surface area contributed by atoms with Crippen molar-refractivity contribution in [3.05, 3.63) is 96.1 Å². The largest absolute Gasteiger partial charge is 0.496 e. The topological polar surface area (TPSA) is 64.6 Å². The second-order valence-corrected chi connectivity index (χ2v) is 9.92. The first kappa shape index (κ1) is 24.1. The van der Waals surface area contributed by atoms with Gasteiger partial charge in [0.05, 0.1) is 25.8 Å². The van der Waals surface area contributed by atoms with Crippen molar-refractivity contribution in [3.63, 3.8) is 0 Å². The first-order valence-electron chi connectivity index (χ1n) is 12.7. The third kappa shape index (κ3) is 5.14. The zero-order valence-corrected chi connectivity index (χ0v) is 20.6. The molecule has 0 aliphatic carbocycles. The second kappa shape index (κ2) is 10.5. The fourth-order valence-corrected chi connectivity index (χ4v) is 5.68. The van der Waals surface area contributed by atoms with Crippen molar-refractivity contribution in [3.8, 4) is 5.75 Å². The monoisotopic (exact) mass is 485 g/mol. The van der Waals surface area contributed by atoms with Crippen LogP contribution in [0, 0.1) is 5.92 Å². The minimum absolute atomic E-state index is 0.0748. The van der Waals surface area contributed by atoms with Crippen LogP contribution in [0.1, 0.15) is 34.8 Å². The number of ether oxygens (including phenoxy) is 2. The summed E-state index contributed by atoms with van der Waals surface area (Å²) in [6.07, 6.45) is 1.72. The number of para-hydroxylation sites is 2. The van der Waals surface area contributed by atoms with Crippen molar-refractivity contribution in [1.82, 2.24) is 0 Å². The SMILES string of the molecule is COc1ccccc1C(=O)C[N+]12CCC(CC1)[C@@H](OC(=O)[C@H](Nc1ccccc1)c1ccccc1)C2. The van der Waals surface area contributed by atoms with E-state index in [-0.39, 0.29) is 17.9 Å². The lowest BCUT2D eigenvalue weighted by molar-refractivity contribution is -0.938. The molecule has 0 spiro atoms. The first-order valence-corrected chi connectivity index (χ1v) is 12.7. The summed E-state index contributed by atoms with van der Waals surface area (Å²) >= 11 is 0. The van der Waals surface area contributed by atoms with Crippen molar-refractivity contribution in [2.24, 2.45) is 5.92 Å². The molecular weight excluding hydrogens is 452 g/mol. The van der Waals surface area contributed by atoms with Crippen LogP contribution in [0.4, 0.5) is 5.69 Å². The maximum absolute atomic E-state index is 13.5. The van der Waals surface area contributed by atoms with Crippen molar-refractivity contribution < 1.29 is 23.5 Å². The lowest BCUT2D eigenvalue weighted by Gasteiger charge is -2.51. The summed E-state index contributed by atoms with van der Waals surface area (Å²) < 4.78 is 12.3. The molecule has 3 fully saturated rings. The van der Waals surface area contributed by atoms with E-state index in [2.05, 4.69) is 5.32 Å². The predicted octanol–water partition coefficient (Wildman–Crippen LogP) is 4.88. The van der Waals surface area contributed by atoms with Gasteiger partial charge in [-0.25, -0.2) is 4.79 Å². The standard InChI is InChI=1S/C30H33N2O4/c1-35-27-15-9-8-14-25(27)26(33)20-32-18-16-22(17-19-32)28(21-32)36-30(34)29(23-10-4-2-5-11-23)31-24-12-6-3-7-13-24/h2-15,22,28-29,31H,16-21H2,1H3/q+1/t22?,28-,29+,32?/m0/s1. The molecule has 3 heterocycles. The maximum Gasteiger partial charge on any atom is 0.333 e. The number of anilines is 1. The number of ketones is 1. The van der Waals surface area contributed by atoms with Gasteiger partial charge in [-0.05, 0) is 29.8 Å². The van der Waals surface area contributed by atoms with Gasteiger partial charge in [-0.2, -0.15) is 0 Å². The molecule has 0 radical (unpaired) electrons. The average molecular weight is 486 g/mol. The Bertz CT molecular complexity index is 1190. The third-order valence-electron chi connectivity index (χ3n) is 7.65. The van der Waals surface area contributed by atoms with Gasteiger partial charge in [-0.15, -0.1) is 0 Å². The molecule has 3 aliphatic rings. The highest BCUT2D eigenvalue weighted by atomic mass is 16.5. The highest BCUT2D eigenvalue weighted by molar-refractivity contribution is 5.99. The van der Waals surface area contributed by atoms with Crippen LogP contribution in [0.3, 0.4) is 0 Å². The van der Waals surface area contributed by atoms with Gasteiger partial charge >= 0.3 is 5.97 Å². The molecule has 1 N–H and O–H groups in total. The second-order valence-electron chi connectivity index (χ2n) is 9.92. The van der Waals surface area contributed by atoms with Crippen LogP contribution < -0.4 is 10.1 Å². The summed E-state index contributed by atoms with van der Waals surface area (Å²) in [6, 6.07) is 26.2. The molecule has 36 heavy (non-hydrogen) atoms. The van der Waals surface area contributed by atoms with Crippen LogP contribution in [0.15, 0.2) is 84.9 Å². The zero-order valence-electron chi connectivity index (χ0n) is 20.6. The van der Waals surface area contributed by atoms with Gasteiger partial charge in [0.2, 0.25) is 5.78 Å². The van der Waals surface area contributed by atoms with Gasteiger partial charge in [-0.1, -0.05) is 60.7 Å². The van der Waals surface area contributed by atoms with Gasteiger partial charge in [-0.3, -0.25) is 4.79 Å². The number of hydrogen-bond acceptors (Lipinski definition) is 5. The summed E-state index contributed by atoms with van der Waals surface area (Å²) in [5, 5.41) is 3.36. The number of methoxy groups -OCH3 is 1. The Morgan fingerprint density at radius 2 is 1.56 bits per heavy atom. The number of Topliss-reactive ketones (excluding diaryl/α,β-unsaturated/α-hetero) is 1. The van der Waals surface area contributed by atoms with Crippen LogP contribution in [0.5, 0.6) is 5.75 Å². The van der Waals surface area contributed by atoms with E-state index in [1.807, 2.05) is 84.9 Å².